The summed E-state index contributed by atoms with van der Waals surface area (Å²) in [5.74, 6) is -4.70. The number of alkyl halides is 1. The zero-order valence-electron chi connectivity index (χ0n) is 11.1. The summed E-state index contributed by atoms with van der Waals surface area (Å²) >= 11 is 8.48. The van der Waals surface area contributed by atoms with Gasteiger partial charge in [0.05, 0.1) is 12.4 Å². The molecule has 112 valence electrons. The van der Waals surface area contributed by atoms with Crippen molar-refractivity contribution in [2.45, 2.75) is 20.3 Å². The van der Waals surface area contributed by atoms with Crippen LogP contribution in [0.25, 0.3) is 0 Å². The lowest BCUT2D eigenvalue weighted by molar-refractivity contribution is -0.124. The predicted octanol–water partition coefficient (Wildman–Crippen LogP) is 4.30. The summed E-state index contributed by atoms with van der Waals surface area (Å²) in [7, 11) is 1.10. The normalized spacial score (nSPS) is 11.6. The Kier molecular flexibility index (Phi) is 5.49. The highest BCUT2D eigenvalue weighted by atomic mass is 79.9. The maximum absolute atomic E-state index is 14.1. The molecule has 0 heterocycles. The lowest BCUT2D eigenvalue weighted by Gasteiger charge is -2.23. The average molecular weight is 374 g/mol. The van der Waals surface area contributed by atoms with Gasteiger partial charge in [0.25, 0.3) is 0 Å². The molecule has 1 rings (SSSR count). The van der Waals surface area contributed by atoms with E-state index in [1.165, 1.54) is 13.8 Å². The van der Waals surface area contributed by atoms with Gasteiger partial charge in [-0.2, -0.15) is 0 Å². The number of hydrogen-bond donors (Lipinski definition) is 0. The van der Waals surface area contributed by atoms with E-state index < -0.39 is 39.2 Å². The third-order valence-corrected chi connectivity index (χ3v) is 3.86. The molecule has 0 bridgehead atoms. The van der Waals surface area contributed by atoms with Crippen LogP contribution in [0.2, 0.25) is 5.02 Å². The minimum absolute atomic E-state index is 0.0381. The van der Waals surface area contributed by atoms with Gasteiger partial charge in [0.1, 0.15) is 10.8 Å². The first-order valence-electron chi connectivity index (χ1n) is 5.65. The van der Waals surface area contributed by atoms with Crippen LogP contribution in [0.1, 0.15) is 19.4 Å². The van der Waals surface area contributed by atoms with Crippen LogP contribution in [-0.4, -0.2) is 18.2 Å². The Balaban J connectivity index is 3.40. The largest absolute Gasteiger partial charge is 0.492 e. The number of carbonyl (C=O) groups is 1. The molecular weight excluding hydrogens is 360 g/mol. The van der Waals surface area contributed by atoms with Crippen LogP contribution in [0.15, 0.2) is 0 Å². The number of ether oxygens (including phenoxy) is 1. The van der Waals surface area contributed by atoms with Crippen molar-refractivity contribution >= 4 is 33.3 Å². The zero-order chi connectivity index (χ0) is 15.7. The van der Waals surface area contributed by atoms with Gasteiger partial charge in [0, 0.05) is 11.0 Å². The first-order valence-corrected chi connectivity index (χ1v) is 7.15. The molecule has 0 spiro atoms. The summed E-state index contributed by atoms with van der Waals surface area (Å²) in [5, 5.41) is -0.716. The zero-order valence-corrected chi connectivity index (χ0v) is 13.5. The van der Waals surface area contributed by atoms with Gasteiger partial charge in [0.15, 0.2) is 23.2 Å². The molecule has 7 heteroatoms. The maximum atomic E-state index is 14.1. The lowest BCUT2D eigenvalue weighted by atomic mass is 9.82. The summed E-state index contributed by atoms with van der Waals surface area (Å²) in [6.07, 6.45) is -0.306. The molecule has 0 saturated carbocycles. The molecule has 20 heavy (non-hydrogen) atoms. The van der Waals surface area contributed by atoms with Crippen molar-refractivity contribution in [1.82, 2.24) is 0 Å². The van der Waals surface area contributed by atoms with Crippen LogP contribution in [0.5, 0.6) is 5.75 Å². The van der Waals surface area contributed by atoms with Crippen LogP contribution in [0.4, 0.5) is 13.2 Å². The SMILES string of the molecule is COc1c(F)c(CC(C)(C)C(=O)CBr)c(F)c(F)c1Cl. The van der Waals surface area contributed by atoms with Crippen molar-refractivity contribution in [1.29, 1.82) is 0 Å². The van der Waals surface area contributed by atoms with Crippen LogP contribution >= 0.6 is 27.5 Å². The molecule has 0 radical (unpaired) electrons. The fourth-order valence-electron chi connectivity index (χ4n) is 1.71. The van der Waals surface area contributed by atoms with E-state index in [1.807, 2.05) is 0 Å². The van der Waals surface area contributed by atoms with E-state index in [1.54, 1.807) is 0 Å². The third kappa shape index (κ3) is 3.11. The Hall–Kier alpha value is -0.750. The van der Waals surface area contributed by atoms with E-state index in [9.17, 15) is 18.0 Å². The Labute approximate surface area is 128 Å². The topological polar surface area (TPSA) is 26.3 Å². The van der Waals surface area contributed by atoms with Gasteiger partial charge < -0.3 is 4.74 Å². The summed E-state index contributed by atoms with van der Waals surface area (Å²) < 4.78 is 46.3. The Morgan fingerprint density at radius 3 is 2.25 bits per heavy atom. The fraction of sp³-hybridized carbons (Fsp3) is 0.462. The second-order valence-electron chi connectivity index (χ2n) is 4.89. The molecule has 0 aliphatic carbocycles. The first kappa shape index (κ1) is 17.3. The molecule has 0 unspecified atom stereocenters. The first-order chi connectivity index (χ1) is 9.17. The smallest absolute Gasteiger partial charge is 0.181 e. The van der Waals surface area contributed by atoms with E-state index in [0.29, 0.717) is 0 Å². The van der Waals surface area contributed by atoms with Gasteiger partial charge in [-0.15, -0.1) is 0 Å². The lowest BCUT2D eigenvalue weighted by Crippen LogP contribution is -2.29. The summed E-state index contributed by atoms with van der Waals surface area (Å²) in [4.78, 5) is 11.7. The van der Waals surface area contributed by atoms with Crippen LogP contribution in [0, 0.1) is 22.9 Å². The molecule has 0 fully saturated rings. The number of methoxy groups -OCH3 is 1. The standard InChI is InChI=1S/C13H13BrClF3O2/c1-13(2,7(19)5-14)4-6-9(16)11(18)8(15)12(20-3)10(6)17/h4-5H2,1-3H3. The van der Waals surface area contributed by atoms with E-state index in [0.717, 1.165) is 7.11 Å². The van der Waals surface area contributed by atoms with Crippen LogP contribution in [-0.2, 0) is 11.2 Å². The molecular formula is C13H13BrClF3O2. The van der Waals surface area contributed by atoms with Crippen LogP contribution in [0.3, 0.4) is 0 Å². The third-order valence-electron chi connectivity index (χ3n) is 3.01. The van der Waals surface area contributed by atoms with E-state index >= 15 is 0 Å². The van der Waals surface area contributed by atoms with Gasteiger partial charge in [-0.05, 0) is 6.42 Å². The Morgan fingerprint density at radius 1 is 1.25 bits per heavy atom. The predicted molar refractivity (Wildman–Crippen MR) is 74.2 cm³/mol. The van der Waals surface area contributed by atoms with Crippen molar-refractivity contribution in [2.75, 3.05) is 12.4 Å². The molecule has 2 nitrogen and oxygen atoms in total. The van der Waals surface area contributed by atoms with E-state index in [-0.39, 0.29) is 17.5 Å². The molecule has 0 aliphatic rings. The van der Waals surface area contributed by atoms with Crippen molar-refractivity contribution in [2.24, 2.45) is 5.41 Å². The summed E-state index contributed by atoms with van der Waals surface area (Å²) in [6.45, 7) is 3.04. The number of hydrogen-bond acceptors (Lipinski definition) is 2. The highest BCUT2D eigenvalue weighted by Crippen LogP contribution is 2.37. The van der Waals surface area contributed by atoms with Gasteiger partial charge >= 0.3 is 0 Å². The van der Waals surface area contributed by atoms with Crippen molar-refractivity contribution in [3.63, 3.8) is 0 Å². The number of Topliss-reactive ketones (excluding diaryl/α,β-unsaturated/α-hetero) is 1. The minimum atomic E-state index is -1.40. The molecule has 1 aromatic rings. The van der Waals surface area contributed by atoms with Gasteiger partial charge in [0.2, 0.25) is 0 Å². The molecule has 0 N–H and O–H groups in total. The molecule has 0 saturated heterocycles. The Bertz CT molecular complexity index is 547. The second kappa shape index (κ2) is 6.35. The number of carbonyl (C=O) groups excluding carboxylic acids is 1. The van der Waals surface area contributed by atoms with Crippen molar-refractivity contribution < 1.29 is 22.7 Å². The van der Waals surface area contributed by atoms with E-state index in [4.69, 9.17) is 11.6 Å². The Morgan fingerprint density at radius 2 is 1.80 bits per heavy atom. The van der Waals surface area contributed by atoms with Crippen molar-refractivity contribution in [3.05, 3.63) is 28.0 Å². The number of benzene rings is 1. The van der Waals surface area contributed by atoms with Gasteiger partial charge in [-0.25, -0.2) is 13.2 Å². The van der Waals surface area contributed by atoms with Crippen LogP contribution < -0.4 is 4.74 Å². The van der Waals surface area contributed by atoms with Gasteiger partial charge in [-0.1, -0.05) is 41.4 Å². The summed E-state index contributed by atoms with van der Waals surface area (Å²) in [5.41, 5.74) is -1.61. The monoisotopic (exact) mass is 372 g/mol. The van der Waals surface area contributed by atoms with Gasteiger partial charge in [-0.3, -0.25) is 4.79 Å². The molecule has 0 aliphatic heterocycles. The number of halogens is 5. The number of ketones is 1. The molecule has 0 aromatic heterocycles. The minimum Gasteiger partial charge on any atom is -0.492 e. The fourth-order valence-corrected chi connectivity index (χ4v) is 2.72. The molecule has 1 aromatic carbocycles. The average Bonchev–Trinajstić information content (AvgIpc) is 2.41. The molecule has 0 amide bonds. The van der Waals surface area contributed by atoms with Crippen molar-refractivity contribution in [3.8, 4) is 5.75 Å². The summed E-state index contributed by atoms with van der Waals surface area (Å²) in [6, 6.07) is 0. The highest BCUT2D eigenvalue weighted by Gasteiger charge is 2.33. The molecule has 0 atom stereocenters. The van der Waals surface area contributed by atoms with E-state index in [2.05, 4.69) is 20.7 Å². The quantitative estimate of drug-likeness (QED) is 0.437. The highest BCUT2D eigenvalue weighted by molar-refractivity contribution is 9.09. The maximum Gasteiger partial charge on any atom is 0.181 e. The number of rotatable bonds is 5. The second-order valence-corrected chi connectivity index (χ2v) is 5.82.